The van der Waals surface area contributed by atoms with Crippen LogP contribution in [-0.2, 0) is 10.2 Å². The minimum Gasteiger partial charge on any atom is -0.303 e. The van der Waals surface area contributed by atoms with E-state index >= 15 is 0 Å². The number of carbonyl (C=O) groups excluding carboxylic acids is 1. The van der Waals surface area contributed by atoms with Gasteiger partial charge in [0.25, 0.3) is 0 Å². The van der Waals surface area contributed by atoms with Gasteiger partial charge in [-0.05, 0) is 43.0 Å². The predicted molar refractivity (Wildman–Crippen MR) is 113 cm³/mol. The molecule has 1 fully saturated rings. The summed E-state index contributed by atoms with van der Waals surface area (Å²) in [5.41, 5.74) is 1.68. The molecule has 0 aromatic heterocycles. The van der Waals surface area contributed by atoms with E-state index in [9.17, 15) is 4.79 Å². The summed E-state index contributed by atoms with van der Waals surface area (Å²) >= 11 is 0. The Hall–Kier alpha value is -1.93. The molecule has 2 nitrogen and oxygen atoms in total. The van der Waals surface area contributed by atoms with Crippen molar-refractivity contribution in [1.82, 2.24) is 4.90 Å². The standard InChI is InChI=1S/C25H33NO/c1-3-24(27)25(22-14-8-6-9-15-22,23-16-10-7-11-17-23)21(2)20-26-18-12-4-5-13-19-26/h6-11,14-17,21H,3-5,12-13,18-20H2,1-2H3/t21-/m1/s1. The Morgan fingerprint density at radius 2 is 1.37 bits per heavy atom. The first-order valence-electron chi connectivity index (χ1n) is 10.6. The maximum Gasteiger partial charge on any atom is 0.147 e. The van der Waals surface area contributed by atoms with Gasteiger partial charge in [-0.15, -0.1) is 0 Å². The maximum atomic E-state index is 13.6. The maximum absolute atomic E-state index is 13.6. The molecule has 144 valence electrons. The van der Waals surface area contributed by atoms with Crippen molar-refractivity contribution in [2.45, 2.75) is 51.4 Å². The molecule has 1 aliphatic rings. The van der Waals surface area contributed by atoms with E-state index in [1.807, 2.05) is 19.1 Å². The number of Topliss-reactive ketones (excluding diaryl/α,β-unsaturated/α-hetero) is 1. The molecule has 27 heavy (non-hydrogen) atoms. The van der Waals surface area contributed by atoms with Crippen LogP contribution in [-0.4, -0.2) is 30.3 Å². The first kappa shape index (κ1) is 19.8. The predicted octanol–water partition coefficient (Wildman–Crippen LogP) is 5.46. The molecule has 0 bridgehead atoms. The molecule has 0 saturated carbocycles. The van der Waals surface area contributed by atoms with Gasteiger partial charge in [-0.2, -0.15) is 0 Å². The summed E-state index contributed by atoms with van der Waals surface area (Å²) in [6, 6.07) is 20.9. The summed E-state index contributed by atoms with van der Waals surface area (Å²) in [7, 11) is 0. The lowest BCUT2D eigenvalue weighted by atomic mass is 9.63. The van der Waals surface area contributed by atoms with Gasteiger partial charge in [0.2, 0.25) is 0 Å². The average Bonchev–Trinajstić information content (AvgIpc) is 2.98. The third-order valence-corrected chi connectivity index (χ3v) is 6.19. The van der Waals surface area contributed by atoms with E-state index in [0.29, 0.717) is 12.2 Å². The fraction of sp³-hybridized carbons (Fsp3) is 0.480. The van der Waals surface area contributed by atoms with Crippen molar-refractivity contribution >= 4 is 5.78 Å². The summed E-state index contributed by atoms with van der Waals surface area (Å²) in [5.74, 6) is 0.537. The highest BCUT2D eigenvalue weighted by Gasteiger charge is 2.45. The molecule has 0 radical (unpaired) electrons. The van der Waals surface area contributed by atoms with Crippen molar-refractivity contribution in [2.75, 3.05) is 19.6 Å². The average molecular weight is 364 g/mol. The quantitative estimate of drug-likeness (QED) is 0.651. The van der Waals surface area contributed by atoms with E-state index in [4.69, 9.17) is 0 Å². The highest BCUT2D eigenvalue weighted by molar-refractivity contribution is 5.94. The molecule has 0 N–H and O–H groups in total. The molecular formula is C25H33NO. The van der Waals surface area contributed by atoms with Crippen LogP contribution in [0.4, 0.5) is 0 Å². The Balaban J connectivity index is 2.06. The Kier molecular flexibility index (Phi) is 6.84. The van der Waals surface area contributed by atoms with Crippen molar-refractivity contribution in [1.29, 1.82) is 0 Å². The number of nitrogens with zero attached hydrogens (tertiary/aromatic N) is 1. The zero-order valence-electron chi connectivity index (χ0n) is 16.9. The molecule has 0 unspecified atom stereocenters. The Morgan fingerprint density at radius 3 is 1.81 bits per heavy atom. The van der Waals surface area contributed by atoms with Crippen LogP contribution in [0, 0.1) is 5.92 Å². The van der Waals surface area contributed by atoms with Gasteiger partial charge in [-0.1, -0.05) is 87.4 Å². The minimum absolute atomic E-state index is 0.216. The van der Waals surface area contributed by atoms with Crippen molar-refractivity contribution in [3.05, 3.63) is 71.8 Å². The fourth-order valence-corrected chi connectivity index (χ4v) is 4.86. The van der Waals surface area contributed by atoms with Crippen LogP contribution < -0.4 is 0 Å². The van der Waals surface area contributed by atoms with Gasteiger partial charge in [0.15, 0.2) is 0 Å². The lowest BCUT2D eigenvalue weighted by Crippen LogP contribution is -2.47. The molecule has 1 saturated heterocycles. The second-order valence-corrected chi connectivity index (χ2v) is 7.93. The lowest BCUT2D eigenvalue weighted by molar-refractivity contribution is -0.124. The van der Waals surface area contributed by atoms with Gasteiger partial charge in [0, 0.05) is 13.0 Å². The molecule has 0 amide bonds. The van der Waals surface area contributed by atoms with Gasteiger partial charge in [-0.3, -0.25) is 4.79 Å². The smallest absolute Gasteiger partial charge is 0.147 e. The third-order valence-electron chi connectivity index (χ3n) is 6.19. The zero-order valence-corrected chi connectivity index (χ0v) is 16.9. The molecule has 2 heteroatoms. The lowest BCUT2D eigenvalue weighted by Gasteiger charge is -2.41. The Bertz CT molecular complexity index is 662. The molecule has 3 rings (SSSR count). The molecular weight excluding hydrogens is 330 g/mol. The third kappa shape index (κ3) is 4.16. The van der Waals surface area contributed by atoms with Gasteiger partial charge >= 0.3 is 0 Å². The van der Waals surface area contributed by atoms with Crippen molar-refractivity contribution in [3.8, 4) is 0 Å². The number of rotatable bonds is 7. The van der Waals surface area contributed by atoms with E-state index in [0.717, 1.165) is 30.8 Å². The number of carbonyl (C=O) groups is 1. The van der Waals surface area contributed by atoms with E-state index < -0.39 is 5.41 Å². The van der Waals surface area contributed by atoms with Crippen LogP contribution in [0.5, 0.6) is 0 Å². The largest absolute Gasteiger partial charge is 0.303 e. The van der Waals surface area contributed by atoms with Crippen LogP contribution >= 0.6 is 0 Å². The summed E-state index contributed by atoms with van der Waals surface area (Å²) < 4.78 is 0. The molecule has 2 aromatic rings. The molecule has 2 aromatic carbocycles. The second kappa shape index (κ2) is 9.32. The van der Waals surface area contributed by atoms with Gasteiger partial charge < -0.3 is 4.90 Å². The van der Waals surface area contributed by atoms with Crippen LogP contribution in [0.15, 0.2) is 60.7 Å². The van der Waals surface area contributed by atoms with Gasteiger partial charge in [0.1, 0.15) is 5.78 Å². The van der Waals surface area contributed by atoms with E-state index in [-0.39, 0.29) is 5.92 Å². The topological polar surface area (TPSA) is 20.3 Å². The number of hydrogen-bond donors (Lipinski definition) is 0. The SMILES string of the molecule is CCC(=O)C(c1ccccc1)(c1ccccc1)[C@H](C)CN1CCCCCC1. The monoisotopic (exact) mass is 363 g/mol. The van der Waals surface area contributed by atoms with E-state index in [1.54, 1.807) is 0 Å². The van der Waals surface area contributed by atoms with Gasteiger partial charge in [0.05, 0.1) is 5.41 Å². The van der Waals surface area contributed by atoms with Crippen molar-refractivity contribution < 1.29 is 4.79 Å². The number of ketones is 1. The summed E-state index contributed by atoms with van der Waals surface area (Å²) in [6.07, 6.45) is 5.77. The van der Waals surface area contributed by atoms with Crippen LogP contribution in [0.2, 0.25) is 0 Å². The zero-order chi connectivity index (χ0) is 19.1. The summed E-state index contributed by atoms with van der Waals surface area (Å²) in [4.78, 5) is 16.2. The normalized spacial score (nSPS) is 17.3. The first-order valence-corrected chi connectivity index (χ1v) is 10.6. The summed E-state index contributed by atoms with van der Waals surface area (Å²) in [5, 5.41) is 0. The van der Waals surface area contributed by atoms with Crippen LogP contribution in [0.1, 0.15) is 57.1 Å². The molecule has 0 aliphatic carbocycles. The van der Waals surface area contributed by atoms with Gasteiger partial charge in [-0.25, -0.2) is 0 Å². The highest BCUT2D eigenvalue weighted by Crippen LogP contribution is 2.41. The first-order chi connectivity index (χ1) is 13.2. The van der Waals surface area contributed by atoms with E-state index in [2.05, 4.69) is 60.4 Å². The summed E-state index contributed by atoms with van der Waals surface area (Å²) in [6.45, 7) is 7.56. The number of benzene rings is 2. The fourth-order valence-electron chi connectivity index (χ4n) is 4.86. The number of likely N-dealkylation sites (tertiary alicyclic amines) is 1. The second-order valence-electron chi connectivity index (χ2n) is 7.93. The Labute approximate surface area is 164 Å². The van der Waals surface area contributed by atoms with Crippen LogP contribution in [0.3, 0.4) is 0 Å². The highest BCUT2D eigenvalue weighted by atomic mass is 16.1. The Morgan fingerprint density at radius 1 is 0.889 bits per heavy atom. The molecule has 0 spiro atoms. The van der Waals surface area contributed by atoms with Crippen molar-refractivity contribution in [2.24, 2.45) is 5.92 Å². The van der Waals surface area contributed by atoms with Crippen molar-refractivity contribution in [3.63, 3.8) is 0 Å². The molecule has 1 atom stereocenters. The van der Waals surface area contributed by atoms with E-state index in [1.165, 1.54) is 25.7 Å². The molecule has 1 heterocycles. The molecule has 1 aliphatic heterocycles. The van der Waals surface area contributed by atoms with Crippen LogP contribution in [0.25, 0.3) is 0 Å². The number of hydrogen-bond acceptors (Lipinski definition) is 2. The minimum atomic E-state index is -0.580.